The largest absolute Gasteiger partial charge is 0.317 e. The normalized spacial score (nSPS) is 17.7. The first-order chi connectivity index (χ1) is 10.5. The van der Waals surface area contributed by atoms with E-state index in [9.17, 15) is 4.79 Å². The monoisotopic (exact) mass is 307 g/mol. The highest BCUT2D eigenvalue weighted by Gasteiger charge is 2.21. The average molecular weight is 307 g/mol. The molecule has 124 valence electrons. The van der Waals surface area contributed by atoms with Crippen LogP contribution in [0.5, 0.6) is 0 Å². The van der Waals surface area contributed by atoms with Gasteiger partial charge in [-0.1, -0.05) is 20.8 Å². The molecule has 1 aromatic rings. The first-order valence-electron chi connectivity index (χ1n) is 8.37. The average Bonchev–Trinajstić information content (AvgIpc) is 2.80. The molecule has 0 spiro atoms. The van der Waals surface area contributed by atoms with Crippen molar-refractivity contribution in [2.24, 2.45) is 18.9 Å². The summed E-state index contributed by atoms with van der Waals surface area (Å²) in [5.41, 5.74) is 0. The van der Waals surface area contributed by atoms with Gasteiger partial charge in [-0.25, -0.2) is 4.68 Å². The third kappa shape index (κ3) is 4.80. The molecule has 2 N–H and O–H groups in total. The fraction of sp³-hybridized carbons (Fsp3) is 0.812. The maximum Gasteiger partial charge on any atom is 0.227 e. The van der Waals surface area contributed by atoms with Crippen molar-refractivity contribution < 1.29 is 4.79 Å². The number of anilines is 1. The Kier molecular flexibility index (Phi) is 5.94. The van der Waals surface area contributed by atoms with E-state index in [-0.39, 0.29) is 5.91 Å². The molecule has 2 heterocycles. The van der Waals surface area contributed by atoms with Crippen LogP contribution in [0.15, 0.2) is 0 Å². The molecule has 22 heavy (non-hydrogen) atoms. The Bertz CT molecular complexity index is 491. The highest BCUT2D eigenvalue weighted by molar-refractivity contribution is 5.89. The zero-order valence-corrected chi connectivity index (χ0v) is 14.2. The molecule has 1 fully saturated rings. The molecule has 0 aromatic carbocycles. The second-order valence-electron chi connectivity index (χ2n) is 6.93. The summed E-state index contributed by atoms with van der Waals surface area (Å²) in [4.78, 5) is 16.7. The minimum Gasteiger partial charge on any atom is -0.317 e. The van der Waals surface area contributed by atoms with Gasteiger partial charge in [0, 0.05) is 19.4 Å². The number of nitrogens with one attached hydrogen (secondary N) is 2. The van der Waals surface area contributed by atoms with E-state index in [0.717, 1.165) is 38.2 Å². The Balaban J connectivity index is 1.92. The molecule has 1 aliphatic heterocycles. The van der Waals surface area contributed by atoms with Crippen LogP contribution >= 0.6 is 0 Å². The van der Waals surface area contributed by atoms with Crippen LogP contribution in [0.4, 0.5) is 5.95 Å². The van der Waals surface area contributed by atoms with E-state index in [2.05, 4.69) is 41.5 Å². The Labute approximate surface area is 133 Å². The molecule has 1 saturated heterocycles. The summed E-state index contributed by atoms with van der Waals surface area (Å²) in [6.45, 7) is 8.51. The fourth-order valence-electron chi connectivity index (χ4n) is 3.15. The van der Waals surface area contributed by atoms with E-state index in [0.29, 0.717) is 30.1 Å². The van der Waals surface area contributed by atoms with Gasteiger partial charge in [0.15, 0.2) is 5.82 Å². The lowest BCUT2D eigenvalue weighted by atomic mass is 9.96. The van der Waals surface area contributed by atoms with Gasteiger partial charge in [-0.05, 0) is 44.2 Å². The van der Waals surface area contributed by atoms with Gasteiger partial charge in [0.2, 0.25) is 11.9 Å². The van der Waals surface area contributed by atoms with E-state index in [1.807, 2.05) is 7.05 Å². The van der Waals surface area contributed by atoms with E-state index < -0.39 is 0 Å². The van der Waals surface area contributed by atoms with Crippen molar-refractivity contribution in [3.05, 3.63) is 5.82 Å². The Morgan fingerprint density at radius 2 is 2.05 bits per heavy atom. The Morgan fingerprint density at radius 1 is 1.36 bits per heavy atom. The number of aromatic nitrogens is 3. The van der Waals surface area contributed by atoms with Crippen LogP contribution in [-0.4, -0.2) is 33.8 Å². The number of hydrogen-bond donors (Lipinski definition) is 2. The number of rotatable bonds is 6. The number of aryl methyl sites for hydroxylation is 1. The topological polar surface area (TPSA) is 71.8 Å². The number of carbonyl (C=O) groups is 1. The van der Waals surface area contributed by atoms with Crippen molar-refractivity contribution in [3.8, 4) is 0 Å². The van der Waals surface area contributed by atoms with Crippen LogP contribution in [0.1, 0.15) is 58.2 Å². The quantitative estimate of drug-likeness (QED) is 0.846. The first kappa shape index (κ1) is 16.9. The van der Waals surface area contributed by atoms with Crippen molar-refractivity contribution in [2.45, 2.75) is 52.4 Å². The maximum atomic E-state index is 12.1. The first-order valence-corrected chi connectivity index (χ1v) is 8.37. The van der Waals surface area contributed by atoms with Crippen LogP contribution in [0.3, 0.4) is 0 Å². The molecule has 1 aromatic heterocycles. The summed E-state index contributed by atoms with van der Waals surface area (Å²) >= 11 is 0. The van der Waals surface area contributed by atoms with Gasteiger partial charge in [0.25, 0.3) is 0 Å². The predicted octanol–water partition coefficient (Wildman–Crippen LogP) is 2.29. The van der Waals surface area contributed by atoms with E-state index >= 15 is 0 Å². The van der Waals surface area contributed by atoms with Gasteiger partial charge in [-0.3, -0.25) is 10.1 Å². The van der Waals surface area contributed by atoms with Crippen LogP contribution in [0, 0.1) is 11.8 Å². The predicted molar refractivity (Wildman–Crippen MR) is 87.7 cm³/mol. The molecule has 0 aliphatic carbocycles. The second-order valence-corrected chi connectivity index (χ2v) is 6.93. The summed E-state index contributed by atoms with van der Waals surface area (Å²) in [6.07, 6.45) is 3.71. The molecule has 0 bridgehead atoms. The molecular weight excluding hydrogens is 278 g/mol. The molecule has 1 aliphatic rings. The molecule has 6 nitrogen and oxygen atoms in total. The van der Waals surface area contributed by atoms with Gasteiger partial charge in [0.1, 0.15) is 0 Å². The van der Waals surface area contributed by atoms with Crippen LogP contribution in [-0.2, 0) is 11.8 Å². The fourth-order valence-corrected chi connectivity index (χ4v) is 3.15. The van der Waals surface area contributed by atoms with Crippen LogP contribution < -0.4 is 10.6 Å². The molecule has 0 radical (unpaired) electrons. The van der Waals surface area contributed by atoms with Crippen LogP contribution in [0.25, 0.3) is 0 Å². The molecule has 2 rings (SSSR count). The standard InChI is InChI=1S/C16H29N5O/c1-11(2)9-12(3)10-14(22)18-16-19-15(20-21(16)4)13-5-7-17-8-6-13/h11-13,17H,5-10H2,1-4H3,(H,18,19,20,22). The summed E-state index contributed by atoms with van der Waals surface area (Å²) in [5, 5.41) is 10.7. The summed E-state index contributed by atoms with van der Waals surface area (Å²) in [5.74, 6) is 2.85. The minimum atomic E-state index is 0.0283. The van der Waals surface area contributed by atoms with E-state index in [1.165, 1.54) is 0 Å². The third-order valence-corrected chi connectivity index (χ3v) is 4.14. The number of nitrogens with zero attached hydrogens (tertiary/aromatic N) is 3. The molecule has 6 heteroatoms. The number of carbonyl (C=O) groups excluding carboxylic acids is 1. The van der Waals surface area contributed by atoms with Gasteiger partial charge < -0.3 is 5.32 Å². The van der Waals surface area contributed by atoms with Gasteiger partial charge in [0.05, 0.1) is 0 Å². The molecule has 1 amide bonds. The van der Waals surface area contributed by atoms with Gasteiger partial charge >= 0.3 is 0 Å². The molecule has 0 saturated carbocycles. The smallest absolute Gasteiger partial charge is 0.227 e. The number of amides is 1. The SMILES string of the molecule is CC(C)CC(C)CC(=O)Nc1nc(C2CCNCC2)nn1C. The minimum absolute atomic E-state index is 0.0283. The Hall–Kier alpha value is -1.43. The van der Waals surface area contributed by atoms with Crippen molar-refractivity contribution in [1.82, 2.24) is 20.1 Å². The lowest BCUT2D eigenvalue weighted by Crippen LogP contribution is -2.27. The van der Waals surface area contributed by atoms with Crippen molar-refractivity contribution in [1.29, 1.82) is 0 Å². The summed E-state index contributed by atoms with van der Waals surface area (Å²) < 4.78 is 1.68. The van der Waals surface area contributed by atoms with E-state index in [4.69, 9.17) is 0 Å². The highest BCUT2D eigenvalue weighted by Crippen LogP contribution is 2.23. The van der Waals surface area contributed by atoms with Gasteiger partial charge in [-0.15, -0.1) is 0 Å². The molecule has 1 unspecified atom stereocenters. The van der Waals surface area contributed by atoms with Crippen molar-refractivity contribution in [2.75, 3.05) is 18.4 Å². The summed E-state index contributed by atoms with van der Waals surface area (Å²) in [6, 6.07) is 0. The zero-order chi connectivity index (χ0) is 16.1. The lowest BCUT2D eigenvalue weighted by Gasteiger charge is -2.19. The summed E-state index contributed by atoms with van der Waals surface area (Å²) in [7, 11) is 1.84. The highest BCUT2D eigenvalue weighted by atomic mass is 16.1. The third-order valence-electron chi connectivity index (χ3n) is 4.14. The lowest BCUT2D eigenvalue weighted by molar-refractivity contribution is -0.117. The van der Waals surface area contributed by atoms with Crippen molar-refractivity contribution >= 4 is 11.9 Å². The number of hydrogen-bond acceptors (Lipinski definition) is 4. The van der Waals surface area contributed by atoms with E-state index in [1.54, 1.807) is 4.68 Å². The Morgan fingerprint density at radius 3 is 2.68 bits per heavy atom. The van der Waals surface area contributed by atoms with Crippen molar-refractivity contribution in [3.63, 3.8) is 0 Å². The van der Waals surface area contributed by atoms with Crippen LogP contribution in [0.2, 0.25) is 0 Å². The molecular formula is C16H29N5O. The van der Waals surface area contributed by atoms with Gasteiger partial charge in [-0.2, -0.15) is 10.1 Å². The maximum absolute atomic E-state index is 12.1. The second kappa shape index (κ2) is 7.72. The molecule has 1 atom stereocenters. The number of piperidine rings is 1. The zero-order valence-electron chi connectivity index (χ0n) is 14.2.